The van der Waals surface area contributed by atoms with Crippen LogP contribution in [0.5, 0.6) is 11.8 Å². The molecule has 1 aliphatic rings. The van der Waals surface area contributed by atoms with Gasteiger partial charge in [-0.15, -0.1) is 6.42 Å². The molecular weight excluding hydrogens is 465 g/mol. The average Bonchev–Trinajstić information content (AvgIpc) is 3.09. The summed E-state index contributed by atoms with van der Waals surface area (Å²) in [5.74, 6) is 2.62. The van der Waals surface area contributed by atoms with Crippen LogP contribution in [0.25, 0.3) is 11.3 Å². The molecule has 0 fully saturated rings. The first-order chi connectivity index (χ1) is 17.5. The molecule has 0 bridgehead atoms. The molecule has 0 amide bonds. The van der Waals surface area contributed by atoms with E-state index in [-0.39, 0.29) is 17.7 Å². The SMILES string of the molecule is C#Cc1cc(C)c(C2=C(c3ccc(Oc4nccc(C)n4)c(F)c3)/C(=C(\C)C(C)C)C(=N)N2C)c(C)n1. The molecule has 3 heterocycles. The molecule has 1 aromatic carbocycles. The number of aromatic nitrogens is 3. The van der Waals surface area contributed by atoms with Crippen molar-refractivity contribution in [3.63, 3.8) is 0 Å². The van der Waals surface area contributed by atoms with Gasteiger partial charge >= 0.3 is 6.01 Å². The van der Waals surface area contributed by atoms with Gasteiger partial charge in [-0.05, 0) is 69.0 Å². The zero-order chi connectivity index (χ0) is 27.0. The van der Waals surface area contributed by atoms with E-state index in [1.54, 1.807) is 24.4 Å². The number of pyridine rings is 1. The van der Waals surface area contributed by atoms with Crippen LogP contribution in [0.4, 0.5) is 4.39 Å². The number of terminal acetylenes is 1. The highest BCUT2D eigenvalue weighted by molar-refractivity contribution is 6.25. The van der Waals surface area contributed by atoms with E-state index >= 15 is 4.39 Å². The van der Waals surface area contributed by atoms with Crippen molar-refractivity contribution in [3.05, 3.63) is 87.3 Å². The van der Waals surface area contributed by atoms with E-state index in [4.69, 9.17) is 16.6 Å². The molecule has 0 saturated heterocycles. The second kappa shape index (κ2) is 9.98. The lowest BCUT2D eigenvalue weighted by Gasteiger charge is -2.20. The predicted octanol–water partition coefficient (Wildman–Crippen LogP) is 6.47. The van der Waals surface area contributed by atoms with E-state index in [1.165, 1.54) is 6.07 Å². The Balaban J connectivity index is 1.96. The highest BCUT2D eigenvalue weighted by Gasteiger charge is 2.35. The largest absolute Gasteiger partial charge is 0.421 e. The van der Waals surface area contributed by atoms with Crippen LogP contribution in [-0.4, -0.2) is 32.7 Å². The molecule has 0 spiro atoms. The molecule has 0 radical (unpaired) electrons. The van der Waals surface area contributed by atoms with Crippen molar-refractivity contribution in [2.24, 2.45) is 5.92 Å². The maximum Gasteiger partial charge on any atom is 0.322 e. The maximum atomic E-state index is 15.4. The molecule has 1 N–H and O–H groups in total. The molecule has 3 aromatic rings. The minimum absolute atomic E-state index is 0.0245. The van der Waals surface area contributed by atoms with Crippen LogP contribution >= 0.6 is 0 Å². The Bertz CT molecular complexity index is 1500. The van der Waals surface area contributed by atoms with Crippen molar-refractivity contribution in [1.82, 2.24) is 19.9 Å². The Morgan fingerprint density at radius 3 is 2.46 bits per heavy atom. The van der Waals surface area contributed by atoms with Crippen LogP contribution in [0.2, 0.25) is 0 Å². The maximum absolute atomic E-state index is 15.4. The Kier molecular flexibility index (Phi) is 6.95. The standard InChI is InChI=1S/C30H30FN5O/c1-9-22-14-17(4)25(20(7)35-22)28-27(26(19(6)16(2)3)29(32)36(28)8)21-10-11-24(23(31)15-21)37-30-33-13-12-18(5)34-30/h1,10-16,32H,2-8H3/b26-19-,32-29?. The summed E-state index contributed by atoms with van der Waals surface area (Å²) in [6.45, 7) is 11.9. The summed E-state index contributed by atoms with van der Waals surface area (Å²) >= 11 is 0. The highest BCUT2D eigenvalue weighted by Crippen LogP contribution is 2.45. The van der Waals surface area contributed by atoms with Gasteiger partial charge in [-0.1, -0.05) is 31.4 Å². The Morgan fingerprint density at radius 1 is 1.14 bits per heavy atom. The number of allylic oxidation sites excluding steroid dienone is 1. The number of likely N-dealkylation sites (N-methyl/N-ethyl adjacent to an activating group) is 1. The summed E-state index contributed by atoms with van der Waals surface area (Å²) in [5.41, 5.74) is 7.86. The van der Waals surface area contributed by atoms with Crippen molar-refractivity contribution in [2.75, 3.05) is 7.05 Å². The molecule has 0 saturated carbocycles. The van der Waals surface area contributed by atoms with Gasteiger partial charge in [-0.3, -0.25) is 5.41 Å². The summed E-state index contributed by atoms with van der Waals surface area (Å²) in [5, 5.41) is 9.02. The Hall–Kier alpha value is -4.31. The Morgan fingerprint density at radius 2 is 1.86 bits per heavy atom. The van der Waals surface area contributed by atoms with E-state index in [2.05, 4.69) is 34.7 Å². The van der Waals surface area contributed by atoms with Crippen LogP contribution in [-0.2, 0) is 0 Å². The predicted molar refractivity (Wildman–Crippen MR) is 145 cm³/mol. The highest BCUT2D eigenvalue weighted by atomic mass is 19.1. The second-order valence-corrected chi connectivity index (χ2v) is 9.50. The molecule has 6 nitrogen and oxygen atoms in total. The van der Waals surface area contributed by atoms with Gasteiger partial charge in [-0.25, -0.2) is 19.3 Å². The van der Waals surface area contributed by atoms with Crippen LogP contribution < -0.4 is 4.74 Å². The fourth-order valence-electron chi connectivity index (χ4n) is 4.51. The molecule has 0 atom stereocenters. The van der Waals surface area contributed by atoms with Crippen molar-refractivity contribution in [3.8, 4) is 24.1 Å². The number of hydrogen-bond donors (Lipinski definition) is 1. The van der Waals surface area contributed by atoms with E-state index in [0.29, 0.717) is 17.1 Å². The minimum atomic E-state index is -0.550. The topological polar surface area (TPSA) is 75.0 Å². The van der Waals surface area contributed by atoms with E-state index in [0.717, 1.165) is 44.9 Å². The number of ether oxygens (including phenoxy) is 1. The molecule has 0 unspecified atom stereocenters. The summed E-state index contributed by atoms with van der Waals surface area (Å²) in [6.07, 6.45) is 7.18. The quantitative estimate of drug-likeness (QED) is 0.411. The van der Waals surface area contributed by atoms with Crippen molar-refractivity contribution >= 4 is 17.1 Å². The zero-order valence-corrected chi connectivity index (χ0v) is 22.2. The van der Waals surface area contributed by atoms with E-state index in [1.807, 2.05) is 45.7 Å². The van der Waals surface area contributed by atoms with Gasteiger partial charge in [0, 0.05) is 41.3 Å². The number of hydrogen-bond acceptors (Lipinski definition) is 5. The molecule has 0 aliphatic carbocycles. The lowest BCUT2D eigenvalue weighted by Crippen LogP contribution is -2.21. The molecule has 37 heavy (non-hydrogen) atoms. The van der Waals surface area contributed by atoms with Gasteiger partial charge in [0.15, 0.2) is 11.6 Å². The number of nitrogens with one attached hydrogen (secondary N) is 1. The third-order valence-corrected chi connectivity index (χ3v) is 6.63. The number of nitrogens with zero attached hydrogens (tertiary/aromatic N) is 4. The van der Waals surface area contributed by atoms with Crippen molar-refractivity contribution < 1.29 is 9.13 Å². The summed E-state index contributed by atoms with van der Waals surface area (Å²) in [4.78, 5) is 14.7. The van der Waals surface area contributed by atoms with Gasteiger partial charge in [0.25, 0.3) is 0 Å². The third-order valence-electron chi connectivity index (χ3n) is 6.63. The normalized spacial score (nSPS) is 14.9. The Labute approximate surface area is 217 Å². The minimum Gasteiger partial charge on any atom is -0.421 e. The lowest BCUT2D eigenvalue weighted by atomic mass is 9.88. The first-order valence-corrected chi connectivity index (χ1v) is 12.0. The number of amidine groups is 1. The first kappa shape index (κ1) is 25.8. The number of benzene rings is 1. The molecule has 7 heteroatoms. The average molecular weight is 496 g/mol. The zero-order valence-electron chi connectivity index (χ0n) is 22.2. The molecule has 188 valence electrons. The molecule has 4 rings (SSSR count). The molecule has 2 aromatic heterocycles. The second-order valence-electron chi connectivity index (χ2n) is 9.50. The van der Waals surface area contributed by atoms with Crippen molar-refractivity contribution in [1.29, 1.82) is 5.41 Å². The van der Waals surface area contributed by atoms with Crippen molar-refractivity contribution in [2.45, 2.75) is 41.5 Å². The van der Waals surface area contributed by atoms with Gasteiger partial charge in [-0.2, -0.15) is 0 Å². The summed E-state index contributed by atoms with van der Waals surface area (Å²) in [6, 6.07) is 8.50. The lowest BCUT2D eigenvalue weighted by molar-refractivity contribution is 0.410. The number of halogens is 1. The summed E-state index contributed by atoms with van der Waals surface area (Å²) in [7, 11) is 1.86. The monoisotopic (exact) mass is 495 g/mol. The van der Waals surface area contributed by atoms with Crippen LogP contribution in [0, 0.1) is 50.3 Å². The number of rotatable bonds is 5. The van der Waals surface area contributed by atoms with Crippen LogP contribution in [0.1, 0.15) is 54.5 Å². The van der Waals surface area contributed by atoms with Crippen LogP contribution in [0.3, 0.4) is 0 Å². The fraction of sp³-hybridized carbons (Fsp3) is 0.267. The number of aryl methyl sites for hydroxylation is 3. The van der Waals surface area contributed by atoms with Crippen LogP contribution in [0.15, 0.2) is 47.7 Å². The van der Waals surface area contributed by atoms with Gasteiger partial charge < -0.3 is 9.64 Å². The smallest absolute Gasteiger partial charge is 0.322 e. The van der Waals surface area contributed by atoms with Gasteiger partial charge in [0.05, 0.1) is 5.70 Å². The summed E-state index contributed by atoms with van der Waals surface area (Å²) < 4.78 is 21.1. The van der Waals surface area contributed by atoms with E-state index in [9.17, 15) is 0 Å². The van der Waals surface area contributed by atoms with E-state index < -0.39 is 5.82 Å². The van der Waals surface area contributed by atoms with Gasteiger partial charge in [0.2, 0.25) is 0 Å². The molecular formula is C30H30FN5O. The third kappa shape index (κ3) is 4.75. The van der Waals surface area contributed by atoms with Gasteiger partial charge in [0.1, 0.15) is 11.5 Å². The first-order valence-electron chi connectivity index (χ1n) is 12.0. The fourth-order valence-corrected chi connectivity index (χ4v) is 4.51. The molecule has 1 aliphatic heterocycles.